The molecule has 0 amide bonds. The number of rotatable bonds is 10. The van der Waals surface area contributed by atoms with Gasteiger partial charge in [0.25, 0.3) is 0 Å². The molecule has 10 atom stereocenters. The smallest absolute Gasteiger partial charge is 0.308 e. The van der Waals surface area contributed by atoms with Crippen molar-refractivity contribution in [3.05, 3.63) is 11.6 Å². The number of carboxylic acids is 1. The lowest BCUT2D eigenvalue weighted by molar-refractivity contribution is -0.163. The Morgan fingerprint density at radius 2 is 1.84 bits per heavy atom. The summed E-state index contributed by atoms with van der Waals surface area (Å²) >= 11 is 0. The van der Waals surface area contributed by atoms with Gasteiger partial charge in [0.2, 0.25) is 0 Å². The number of fused-ring (bicyclic) bond motifs is 1. The van der Waals surface area contributed by atoms with Gasteiger partial charge in [-0.15, -0.1) is 0 Å². The minimum absolute atomic E-state index is 0.0862. The van der Waals surface area contributed by atoms with Gasteiger partial charge in [-0.1, -0.05) is 26.8 Å². The van der Waals surface area contributed by atoms with Crippen molar-refractivity contribution in [3.63, 3.8) is 0 Å². The van der Waals surface area contributed by atoms with E-state index < -0.39 is 54.9 Å². The number of hydrogen-bond acceptors (Lipinski definition) is 8. The lowest BCUT2D eigenvalue weighted by atomic mass is 9.61. The van der Waals surface area contributed by atoms with Crippen LogP contribution in [-0.4, -0.2) is 79.2 Å². The van der Waals surface area contributed by atoms with E-state index in [9.17, 15) is 35.1 Å². The first-order chi connectivity index (χ1) is 15.0. The molecule has 1 fully saturated rings. The molecular formula is C23H38O9. The van der Waals surface area contributed by atoms with Crippen molar-refractivity contribution in [2.45, 2.75) is 95.9 Å². The third kappa shape index (κ3) is 6.51. The SMILES string of the molecule is CCC(C)C(=O)O[C@H]1C[C@@H](O)C=C2[C@H]1[C@@H](CC[C@H](O)C[C@H](O)CC(=O)O)[C@@H](C)[C@@H](O)[C@H]2O. The van der Waals surface area contributed by atoms with Crippen molar-refractivity contribution in [3.8, 4) is 0 Å². The Morgan fingerprint density at radius 3 is 2.44 bits per heavy atom. The van der Waals surface area contributed by atoms with Gasteiger partial charge >= 0.3 is 11.9 Å². The largest absolute Gasteiger partial charge is 0.481 e. The van der Waals surface area contributed by atoms with E-state index in [2.05, 4.69) is 0 Å². The first kappa shape index (κ1) is 26.7. The molecule has 0 saturated heterocycles. The van der Waals surface area contributed by atoms with Crippen LogP contribution >= 0.6 is 0 Å². The van der Waals surface area contributed by atoms with Crippen LogP contribution in [0.15, 0.2) is 11.6 Å². The second-order valence-corrected chi connectivity index (χ2v) is 9.46. The number of carboxylic acid groups (broad SMARTS) is 1. The quantitative estimate of drug-likeness (QED) is 0.203. The van der Waals surface area contributed by atoms with Crippen LogP contribution < -0.4 is 0 Å². The van der Waals surface area contributed by atoms with Gasteiger partial charge in [-0.05, 0) is 43.1 Å². The first-order valence-corrected chi connectivity index (χ1v) is 11.5. The van der Waals surface area contributed by atoms with Gasteiger partial charge in [-0.3, -0.25) is 9.59 Å². The van der Waals surface area contributed by atoms with E-state index >= 15 is 0 Å². The van der Waals surface area contributed by atoms with Gasteiger partial charge in [0.05, 0.1) is 36.8 Å². The molecule has 9 heteroatoms. The van der Waals surface area contributed by atoms with Crippen molar-refractivity contribution < 1.29 is 45.0 Å². The molecule has 2 aliphatic carbocycles. The fourth-order valence-corrected chi connectivity index (χ4v) is 4.98. The van der Waals surface area contributed by atoms with Gasteiger partial charge < -0.3 is 35.4 Å². The highest BCUT2D eigenvalue weighted by atomic mass is 16.5. The number of ether oxygens (including phenoxy) is 1. The highest BCUT2D eigenvalue weighted by molar-refractivity contribution is 5.72. The molecule has 32 heavy (non-hydrogen) atoms. The Bertz CT molecular complexity index is 678. The monoisotopic (exact) mass is 458 g/mol. The zero-order chi connectivity index (χ0) is 24.2. The van der Waals surface area contributed by atoms with Crippen LogP contribution in [0.25, 0.3) is 0 Å². The highest BCUT2D eigenvalue weighted by Gasteiger charge is 2.50. The molecule has 184 valence electrons. The number of esters is 1. The maximum atomic E-state index is 12.5. The van der Waals surface area contributed by atoms with Gasteiger partial charge in [0, 0.05) is 12.3 Å². The molecule has 0 aromatic carbocycles. The molecule has 1 saturated carbocycles. The van der Waals surface area contributed by atoms with E-state index in [1.54, 1.807) is 13.8 Å². The van der Waals surface area contributed by atoms with E-state index in [0.29, 0.717) is 18.4 Å². The van der Waals surface area contributed by atoms with E-state index in [1.807, 2.05) is 6.92 Å². The average molecular weight is 459 g/mol. The summed E-state index contributed by atoms with van der Waals surface area (Å²) in [4.78, 5) is 23.2. The number of carbonyl (C=O) groups is 2. The van der Waals surface area contributed by atoms with E-state index in [0.717, 1.165) is 0 Å². The van der Waals surface area contributed by atoms with Crippen molar-refractivity contribution in [2.75, 3.05) is 0 Å². The number of carbonyl (C=O) groups excluding carboxylic acids is 1. The predicted octanol–water partition coefficient (Wildman–Crippen LogP) is 0.606. The maximum Gasteiger partial charge on any atom is 0.308 e. The summed E-state index contributed by atoms with van der Waals surface area (Å²) in [5.74, 6) is -2.89. The molecule has 6 N–H and O–H groups in total. The van der Waals surface area contributed by atoms with Gasteiger partial charge in [-0.25, -0.2) is 0 Å². The number of aliphatic hydroxyl groups excluding tert-OH is 5. The molecule has 0 aromatic rings. The lowest BCUT2D eigenvalue weighted by Crippen LogP contribution is -2.54. The summed E-state index contributed by atoms with van der Waals surface area (Å²) < 4.78 is 5.76. The fraction of sp³-hybridized carbons (Fsp3) is 0.826. The molecule has 1 unspecified atom stereocenters. The zero-order valence-corrected chi connectivity index (χ0v) is 19.0. The summed E-state index contributed by atoms with van der Waals surface area (Å²) in [5.41, 5.74) is 0.446. The van der Waals surface area contributed by atoms with Crippen LogP contribution in [0.3, 0.4) is 0 Å². The van der Waals surface area contributed by atoms with Crippen molar-refractivity contribution in [1.82, 2.24) is 0 Å². The van der Waals surface area contributed by atoms with Crippen LogP contribution in [0, 0.1) is 23.7 Å². The van der Waals surface area contributed by atoms with Crippen LogP contribution in [0.1, 0.15) is 59.3 Å². The summed E-state index contributed by atoms with van der Waals surface area (Å²) in [6, 6.07) is 0. The summed E-state index contributed by atoms with van der Waals surface area (Å²) in [5, 5.41) is 60.4. The Labute approximate surface area is 188 Å². The number of hydrogen-bond donors (Lipinski definition) is 6. The second kappa shape index (κ2) is 11.6. The summed E-state index contributed by atoms with van der Waals surface area (Å²) in [6.45, 7) is 5.43. The number of aliphatic hydroxyl groups is 5. The van der Waals surface area contributed by atoms with E-state index in [1.165, 1.54) is 6.08 Å². The van der Waals surface area contributed by atoms with Gasteiger partial charge in [0.1, 0.15) is 12.2 Å². The normalized spacial score (nSPS) is 35.2. The summed E-state index contributed by atoms with van der Waals surface area (Å²) in [7, 11) is 0. The van der Waals surface area contributed by atoms with Crippen molar-refractivity contribution in [1.29, 1.82) is 0 Å². The Hall–Kier alpha value is -1.52. The molecule has 2 aliphatic rings. The third-order valence-corrected chi connectivity index (χ3v) is 7.05. The molecule has 0 aromatic heterocycles. The highest BCUT2D eigenvalue weighted by Crippen LogP contribution is 2.47. The molecule has 9 nitrogen and oxygen atoms in total. The Morgan fingerprint density at radius 1 is 1.19 bits per heavy atom. The van der Waals surface area contributed by atoms with Crippen LogP contribution in [0.5, 0.6) is 0 Å². The Balaban J connectivity index is 2.20. The third-order valence-electron chi connectivity index (χ3n) is 7.05. The lowest BCUT2D eigenvalue weighted by Gasteiger charge is -2.49. The zero-order valence-electron chi connectivity index (χ0n) is 19.0. The minimum atomic E-state index is -1.19. The van der Waals surface area contributed by atoms with E-state index in [4.69, 9.17) is 9.84 Å². The summed E-state index contributed by atoms with van der Waals surface area (Å²) in [6.07, 6.45) is -3.53. The molecule has 0 aliphatic heterocycles. The first-order valence-electron chi connectivity index (χ1n) is 11.5. The van der Waals surface area contributed by atoms with Gasteiger partial charge in [-0.2, -0.15) is 0 Å². The van der Waals surface area contributed by atoms with E-state index in [-0.39, 0.29) is 43.0 Å². The van der Waals surface area contributed by atoms with Crippen LogP contribution in [0.2, 0.25) is 0 Å². The molecule has 2 rings (SSSR count). The van der Waals surface area contributed by atoms with Crippen LogP contribution in [-0.2, 0) is 14.3 Å². The van der Waals surface area contributed by atoms with Crippen molar-refractivity contribution in [2.24, 2.45) is 23.7 Å². The molecule has 0 heterocycles. The Kier molecular flexibility index (Phi) is 9.66. The molecule has 0 bridgehead atoms. The maximum absolute atomic E-state index is 12.5. The number of aliphatic carboxylic acids is 1. The fourth-order valence-electron chi connectivity index (χ4n) is 4.98. The van der Waals surface area contributed by atoms with Crippen LogP contribution in [0.4, 0.5) is 0 Å². The molecular weight excluding hydrogens is 420 g/mol. The topological polar surface area (TPSA) is 165 Å². The molecule has 0 radical (unpaired) electrons. The standard InChI is InChI=1S/C23H38O9/c1-4-11(2)23(31)32-18-9-15(26)8-17-20(18)16(12(3)21(29)22(17)30)6-5-13(24)7-14(25)10-19(27)28/h8,11-16,18,20-22,24-26,29-30H,4-7,9-10H2,1-3H3,(H,27,28)/t11?,12-,13+,14+,15+,16+,18+,20-,21-,22+/m1/s1. The van der Waals surface area contributed by atoms with Crippen molar-refractivity contribution >= 4 is 11.9 Å². The average Bonchev–Trinajstić information content (AvgIpc) is 2.70. The van der Waals surface area contributed by atoms with Gasteiger partial charge in [0.15, 0.2) is 0 Å². The molecule has 0 spiro atoms. The minimum Gasteiger partial charge on any atom is -0.481 e. The second-order valence-electron chi connectivity index (χ2n) is 9.46. The predicted molar refractivity (Wildman–Crippen MR) is 114 cm³/mol.